The van der Waals surface area contributed by atoms with E-state index < -0.39 is 0 Å². The molecule has 1 saturated carbocycles. The molecule has 0 radical (unpaired) electrons. The van der Waals surface area contributed by atoms with Crippen LogP contribution in [0.15, 0.2) is 11.6 Å². The number of Topliss-reactive ketones (excluding diaryl/α,β-unsaturated/α-hetero) is 1. The number of hydrogen-bond donors (Lipinski definition) is 0. The molecule has 13 heavy (non-hydrogen) atoms. The van der Waals surface area contributed by atoms with Crippen molar-refractivity contribution in [2.75, 3.05) is 0 Å². The number of allylic oxidation sites excluding steroid dienone is 2. The molecule has 0 aromatic rings. The number of fused-ring (bicyclic) bond motifs is 1. The Balaban J connectivity index is 2.34. The predicted octanol–water partition coefficient (Wildman–Crippen LogP) is 1.89. The van der Waals surface area contributed by atoms with E-state index >= 15 is 0 Å². The summed E-state index contributed by atoms with van der Waals surface area (Å²) in [7, 11) is 0. The molecule has 1 fully saturated rings. The molecule has 2 rings (SSSR count). The van der Waals surface area contributed by atoms with E-state index in [9.17, 15) is 9.59 Å². The Labute approximate surface area is 78.0 Å². The molecule has 0 amide bonds. The summed E-state index contributed by atoms with van der Waals surface area (Å²) in [5.74, 6) is 1.16. The zero-order valence-electron chi connectivity index (χ0n) is 7.88. The lowest BCUT2D eigenvalue weighted by Gasteiger charge is -2.12. The van der Waals surface area contributed by atoms with Crippen molar-refractivity contribution in [3.8, 4) is 0 Å². The van der Waals surface area contributed by atoms with E-state index in [0.717, 1.165) is 18.4 Å². The molecule has 2 nitrogen and oxygen atoms in total. The van der Waals surface area contributed by atoms with Crippen molar-refractivity contribution in [1.29, 1.82) is 0 Å². The number of hydrogen-bond acceptors (Lipinski definition) is 2. The highest BCUT2D eigenvalue weighted by Gasteiger charge is 2.35. The van der Waals surface area contributed by atoms with E-state index in [1.807, 2.05) is 0 Å². The average molecular weight is 178 g/mol. The van der Waals surface area contributed by atoms with Crippen LogP contribution in [0.1, 0.15) is 32.6 Å². The van der Waals surface area contributed by atoms with Crippen molar-refractivity contribution in [2.45, 2.75) is 32.6 Å². The monoisotopic (exact) mass is 178 g/mol. The number of carbonyl (C=O) groups excluding carboxylic acids is 2. The molecule has 0 saturated heterocycles. The van der Waals surface area contributed by atoms with Crippen LogP contribution in [0.5, 0.6) is 0 Å². The maximum Gasteiger partial charge on any atom is 0.159 e. The number of carbonyl (C=O) groups is 2. The minimum Gasteiger partial charge on any atom is -0.295 e. The molecule has 2 heteroatoms. The maximum atomic E-state index is 11.5. The van der Waals surface area contributed by atoms with Gasteiger partial charge in [0.25, 0.3) is 0 Å². The van der Waals surface area contributed by atoms with Gasteiger partial charge in [-0.05, 0) is 30.8 Å². The van der Waals surface area contributed by atoms with Crippen molar-refractivity contribution in [3.05, 3.63) is 11.6 Å². The first-order chi connectivity index (χ1) is 6.18. The van der Waals surface area contributed by atoms with Crippen LogP contribution in [0, 0.1) is 11.8 Å². The van der Waals surface area contributed by atoms with Gasteiger partial charge in [0, 0.05) is 18.4 Å². The first kappa shape index (κ1) is 8.67. The minimum absolute atomic E-state index is 0.139. The van der Waals surface area contributed by atoms with E-state index in [2.05, 4.69) is 6.92 Å². The van der Waals surface area contributed by atoms with E-state index in [1.165, 1.54) is 0 Å². The molecule has 0 N–H and O–H groups in total. The molecule has 2 aliphatic carbocycles. The Morgan fingerprint density at radius 3 is 2.92 bits per heavy atom. The third-order valence-corrected chi connectivity index (χ3v) is 3.17. The van der Waals surface area contributed by atoms with Gasteiger partial charge >= 0.3 is 0 Å². The smallest absolute Gasteiger partial charge is 0.159 e. The van der Waals surface area contributed by atoms with Gasteiger partial charge in [-0.15, -0.1) is 0 Å². The van der Waals surface area contributed by atoms with E-state index in [4.69, 9.17) is 0 Å². The molecule has 0 spiro atoms. The van der Waals surface area contributed by atoms with Crippen molar-refractivity contribution in [1.82, 2.24) is 0 Å². The SMILES string of the molecule is CC1CC(=O)C2=CC(=O)CCCC21. The van der Waals surface area contributed by atoms with Gasteiger partial charge in [-0.25, -0.2) is 0 Å². The second kappa shape index (κ2) is 3.09. The summed E-state index contributed by atoms with van der Waals surface area (Å²) in [4.78, 5) is 22.7. The van der Waals surface area contributed by atoms with E-state index in [0.29, 0.717) is 24.7 Å². The van der Waals surface area contributed by atoms with Gasteiger partial charge in [-0.1, -0.05) is 6.92 Å². The van der Waals surface area contributed by atoms with Gasteiger partial charge in [0.2, 0.25) is 0 Å². The fourth-order valence-corrected chi connectivity index (χ4v) is 2.44. The first-order valence-corrected chi connectivity index (χ1v) is 4.96. The van der Waals surface area contributed by atoms with Crippen molar-refractivity contribution < 1.29 is 9.59 Å². The van der Waals surface area contributed by atoms with Gasteiger partial charge < -0.3 is 0 Å². The molecule has 0 aromatic carbocycles. The van der Waals surface area contributed by atoms with Crippen LogP contribution in [0.2, 0.25) is 0 Å². The van der Waals surface area contributed by atoms with Gasteiger partial charge in [-0.3, -0.25) is 9.59 Å². The van der Waals surface area contributed by atoms with Gasteiger partial charge in [-0.2, -0.15) is 0 Å². The molecular weight excluding hydrogens is 164 g/mol. The normalized spacial score (nSPS) is 34.1. The van der Waals surface area contributed by atoms with Crippen LogP contribution in [-0.2, 0) is 9.59 Å². The highest BCUT2D eigenvalue weighted by atomic mass is 16.1. The Morgan fingerprint density at radius 2 is 2.15 bits per heavy atom. The summed E-state index contributed by atoms with van der Waals surface area (Å²) in [5.41, 5.74) is 0.815. The van der Waals surface area contributed by atoms with Gasteiger partial charge in [0.15, 0.2) is 11.6 Å². The molecule has 0 aromatic heterocycles. The molecule has 2 unspecified atom stereocenters. The fraction of sp³-hybridized carbons (Fsp3) is 0.636. The molecular formula is C11H14O2. The predicted molar refractivity (Wildman–Crippen MR) is 49.2 cm³/mol. The van der Waals surface area contributed by atoms with Crippen LogP contribution < -0.4 is 0 Å². The third-order valence-electron chi connectivity index (χ3n) is 3.17. The topological polar surface area (TPSA) is 34.1 Å². The standard InChI is InChI=1S/C11H14O2/c1-7-5-11(13)10-6-8(12)3-2-4-9(7)10/h6-7,9H,2-5H2,1H3. The van der Waals surface area contributed by atoms with E-state index in [-0.39, 0.29) is 11.6 Å². The van der Waals surface area contributed by atoms with Crippen LogP contribution in [0.4, 0.5) is 0 Å². The van der Waals surface area contributed by atoms with Crippen LogP contribution >= 0.6 is 0 Å². The molecule has 2 aliphatic rings. The zero-order chi connectivity index (χ0) is 9.42. The molecule has 0 bridgehead atoms. The Hall–Kier alpha value is -0.920. The van der Waals surface area contributed by atoms with Crippen molar-refractivity contribution in [3.63, 3.8) is 0 Å². The van der Waals surface area contributed by atoms with Crippen LogP contribution in [-0.4, -0.2) is 11.6 Å². The second-order valence-corrected chi connectivity index (χ2v) is 4.17. The molecule has 0 heterocycles. The third kappa shape index (κ3) is 1.45. The lowest BCUT2D eigenvalue weighted by Crippen LogP contribution is -2.05. The second-order valence-electron chi connectivity index (χ2n) is 4.17. The van der Waals surface area contributed by atoms with Crippen LogP contribution in [0.25, 0.3) is 0 Å². The maximum absolute atomic E-state index is 11.5. The van der Waals surface area contributed by atoms with Crippen molar-refractivity contribution >= 4 is 11.6 Å². The van der Waals surface area contributed by atoms with Crippen LogP contribution in [0.3, 0.4) is 0 Å². The molecule has 2 atom stereocenters. The summed E-state index contributed by atoms with van der Waals surface area (Å²) in [5, 5.41) is 0. The van der Waals surface area contributed by atoms with Gasteiger partial charge in [0.05, 0.1) is 0 Å². The summed E-state index contributed by atoms with van der Waals surface area (Å²) < 4.78 is 0. The first-order valence-electron chi connectivity index (χ1n) is 4.96. The number of rotatable bonds is 0. The lowest BCUT2D eigenvalue weighted by atomic mass is 9.91. The average Bonchev–Trinajstić information content (AvgIpc) is 2.28. The summed E-state index contributed by atoms with van der Waals surface area (Å²) >= 11 is 0. The molecule has 70 valence electrons. The van der Waals surface area contributed by atoms with Gasteiger partial charge in [0.1, 0.15) is 0 Å². The minimum atomic E-state index is 0.139. The van der Waals surface area contributed by atoms with Crippen molar-refractivity contribution in [2.24, 2.45) is 11.8 Å². The largest absolute Gasteiger partial charge is 0.295 e. The Kier molecular flexibility index (Phi) is 2.06. The zero-order valence-corrected chi connectivity index (χ0v) is 7.88. The highest BCUT2D eigenvalue weighted by Crippen LogP contribution is 2.38. The Morgan fingerprint density at radius 1 is 1.38 bits per heavy atom. The van der Waals surface area contributed by atoms with E-state index in [1.54, 1.807) is 6.08 Å². The molecule has 0 aliphatic heterocycles. The lowest BCUT2D eigenvalue weighted by molar-refractivity contribution is -0.116. The fourth-order valence-electron chi connectivity index (χ4n) is 2.44. The summed E-state index contributed by atoms with van der Waals surface area (Å²) in [6, 6.07) is 0. The summed E-state index contributed by atoms with van der Waals surface area (Å²) in [6.07, 6.45) is 4.83. The Bertz CT molecular complexity index is 288. The summed E-state index contributed by atoms with van der Waals surface area (Å²) in [6.45, 7) is 2.11. The quantitative estimate of drug-likeness (QED) is 0.567. The highest BCUT2D eigenvalue weighted by molar-refractivity contribution is 6.05. The number of ketones is 2.